The molecule has 0 spiro atoms. The van der Waals surface area contributed by atoms with Gasteiger partial charge in [-0.1, -0.05) is 13.0 Å². The van der Waals surface area contributed by atoms with Crippen molar-refractivity contribution in [2.24, 2.45) is 0 Å². The molecule has 0 aliphatic carbocycles. The Morgan fingerprint density at radius 3 is 2.43 bits per heavy atom. The number of rotatable bonds is 7. The number of benzene rings is 1. The molecule has 0 fully saturated rings. The fraction of sp³-hybridized carbons (Fsp3) is 0.533. The van der Waals surface area contributed by atoms with Gasteiger partial charge < -0.3 is 10.6 Å². The summed E-state index contributed by atoms with van der Waals surface area (Å²) in [4.78, 5) is 11.9. The highest BCUT2D eigenvalue weighted by Crippen LogP contribution is 2.20. The zero-order chi connectivity index (χ0) is 17.6. The number of amides is 2. The van der Waals surface area contributed by atoms with E-state index in [9.17, 15) is 22.0 Å². The van der Waals surface area contributed by atoms with Gasteiger partial charge in [0.15, 0.2) is 0 Å². The lowest BCUT2D eigenvalue weighted by molar-refractivity contribution is 0.233. The lowest BCUT2D eigenvalue weighted by Gasteiger charge is -2.20. The van der Waals surface area contributed by atoms with Crippen molar-refractivity contribution in [2.45, 2.75) is 38.8 Å². The van der Waals surface area contributed by atoms with Gasteiger partial charge in [-0.2, -0.15) is 0 Å². The number of urea groups is 1. The van der Waals surface area contributed by atoms with Crippen LogP contribution in [0.5, 0.6) is 0 Å². The summed E-state index contributed by atoms with van der Waals surface area (Å²) in [6.07, 6.45) is 1.84. The van der Waals surface area contributed by atoms with Crippen LogP contribution in [0, 0.1) is 11.6 Å². The van der Waals surface area contributed by atoms with E-state index in [1.165, 1.54) is 6.07 Å². The number of carbonyl (C=O) groups excluding carboxylic acids is 1. The fourth-order valence-corrected chi connectivity index (χ4v) is 2.85. The maximum Gasteiger partial charge on any atom is 0.315 e. The molecule has 0 aliphatic rings. The van der Waals surface area contributed by atoms with E-state index in [-0.39, 0.29) is 23.8 Å². The van der Waals surface area contributed by atoms with Gasteiger partial charge in [-0.25, -0.2) is 22.0 Å². The number of hydrogen-bond donors (Lipinski definition) is 2. The van der Waals surface area contributed by atoms with Crippen LogP contribution in [0.25, 0.3) is 0 Å². The Bertz CT molecular complexity index is 650. The van der Waals surface area contributed by atoms with Crippen molar-refractivity contribution >= 4 is 15.9 Å². The average Bonchev–Trinajstić information content (AvgIpc) is 2.42. The summed E-state index contributed by atoms with van der Waals surface area (Å²) < 4.78 is 48.9. The lowest BCUT2D eigenvalue weighted by Crippen LogP contribution is -2.43. The second-order valence-corrected chi connectivity index (χ2v) is 7.82. The van der Waals surface area contributed by atoms with Crippen LogP contribution in [0.1, 0.15) is 38.3 Å². The van der Waals surface area contributed by atoms with Gasteiger partial charge >= 0.3 is 6.03 Å². The summed E-state index contributed by atoms with van der Waals surface area (Å²) in [7, 11) is -3.09. The Kier molecular flexibility index (Phi) is 6.93. The minimum absolute atomic E-state index is 0.0295. The molecule has 0 bridgehead atoms. The summed E-state index contributed by atoms with van der Waals surface area (Å²) in [6, 6.07) is 1.73. The van der Waals surface area contributed by atoms with Crippen molar-refractivity contribution in [3.63, 3.8) is 0 Å². The predicted molar refractivity (Wildman–Crippen MR) is 84.8 cm³/mol. The highest BCUT2D eigenvalue weighted by molar-refractivity contribution is 7.90. The van der Waals surface area contributed by atoms with Crippen LogP contribution in [0.3, 0.4) is 0 Å². The molecule has 0 saturated carbocycles. The van der Waals surface area contributed by atoms with Gasteiger partial charge in [0.05, 0.1) is 11.8 Å². The maximum absolute atomic E-state index is 13.8. The molecule has 2 amide bonds. The van der Waals surface area contributed by atoms with Gasteiger partial charge in [0.25, 0.3) is 0 Å². The molecule has 2 atom stereocenters. The summed E-state index contributed by atoms with van der Waals surface area (Å²) >= 11 is 0. The second-order valence-electron chi connectivity index (χ2n) is 5.56. The number of nitrogens with one attached hydrogen (secondary N) is 2. The molecule has 1 rings (SSSR count). The third-order valence-electron chi connectivity index (χ3n) is 3.35. The van der Waals surface area contributed by atoms with Crippen molar-refractivity contribution in [3.05, 3.63) is 35.4 Å². The van der Waals surface area contributed by atoms with Gasteiger partial charge in [-0.3, -0.25) is 0 Å². The molecule has 8 heteroatoms. The van der Waals surface area contributed by atoms with E-state index in [4.69, 9.17) is 0 Å². The molecule has 0 saturated heterocycles. The summed E-state index contributed by atoms with van der Waals surface area (Å²) in [5.74, 6) is -1.43. The monoisotopic (exact) mass is 348 g/mol. The maximum atomic E-state index is 13.8. The molecule has 1 aromatic carbocycles. The van der Waals surface area contributed by atoms with Crippen LogP contribution >= 0.6 is 0 Å². The van der Waals surface area contributed by atoms with E-state index in [1.54, 1.807) is 13.8 Å². The van der Waals surface area contributed by atoms with Crippen molar-refractivity contribution in [1.82, 2.24) is 10.6 Å². The molecule has 1 aromatic rings. The van der Waals surface area contributed by atoms with E-state index >= 15 is 0 Å². The molecule has 5 nitrogen and oxygen atoms in total. The molecular weight excluding hydrogens is 326 g/mol. The number of carbonyl (C=O) groups is 1. The molecular formula is C15H22F2N2O3S. The van der Waals surface area contributed by atoms with Crippen LogP contribution in [0.2, 0.25) is 0 Å². The van der Waals surface area contributed by atoms with Crippen LogP contribution in [-0.4, -0.2) is 32.5 Å². The first kappa shape index (κ1) is 19.3. The Balaban J connectivity index is 2.63. The van der Waals surface area contributed by atoms with Crippen molar-refractivity contribution in [2.75, 3.05) is 12.0 Å². The Morgan fingerprint density at radius 1 is 1.26 bits per heavy atom. The Labute approximate surface area is 135 Å². The predicted octanol–water partition coefficient (Wildman–Crippen LogP) is 2.54. The van der Waals surface area contributed by atoms with Crippen molar-refractivity contribution in [3.8, 4) is 0 Å². The molecule has 0 aromatic heterocycles. The van der Waals surface area contributed by atoms with Crippen molar-refractivity contribution in [1.29, 1.82) is 0 Å². The largest absolute Gasteiger partial charge is 0.336 e. The van der Waals surface area contributed by atoms with Crippen molar-refractivity contribution < 1.29 is 22.0 Å². The van der Waals surface area contributed by atoms with Gasteiger partial charge in [0.1, 0.15) is 21.5 Å². The van der Waals surface area contributed by atoms with Gasteiger partial charge in [-0.05, 0) is 25.8 Å². The zero-order valence-corrected chi connectivity index (χ0v) is 14.2. The Morgan fingerprint density at radius 2 is 1.91 bits per heavy atom. The van der Waals surface area contributed by atoms with E-state index in [0.29, 0.717) is 6.42 Å². The fourth-order valence-electron chi connectivity index (χ4n) is 2.07. The molecule has 0 radical (unpaired) electrons. The molecule has 0 aliphatic heterocycles. The second kappa shape index (κ2) is 8.24. The highest BCUT2D eigenvalue weighted by Gasteiger charge is 2.18. The third-order valence-corrected chi connectivity index (χ3v) is 4.33. The lowest BCUT2D eigenvalue weighted by atomic mass is 10.0. The van der Waals surface area contributed by atoms with E-state index in [0.717, 1.165) is 18.4 Å². The molecule has 23 heavy (non-hydrogen) atoms. The summed E-state index contributed by atoms with van der Waals surface area (Å²) in [5.41, 5.74) is 0.202. The van der Waals surface area contributed by atoms with Crippen LogP contribution in [-0.2, 0) is 9.84 Å². The number of sulfone groups is 1. The minimum Gasteiger partial charge on any atom is -0.336 e. The van der Waals surface area contributed by atoms with Crippen LogP contribution in [0.15, 0.2) is 18.2 Å². The topological polar surface area (TPSA) is 75.3 Å². The minimum atomic E-state index is -3.09. The first-order chi connectivity index (χ1) is 10.6. The van der Waals surface area contributed by atoms with Gasteiger partial charge in [0, 0.05) is 23.9 Å². The standard InChI is InChI=1S/C15H22F2N2O3S/c1-4-14(12-6-5-11(16)9-13(12)17)19-15(20)18-10(2)7-8-23(3,21)22/h5-6,9-10,14H,4,7-8H2,1-3H3,(H2,18,19,20)/t10-,14+/m0/s1. The third kappa shape index (κ3) is 6.94. The summed E-state index contributed by atoms with van der Waals surface area (Å²) in [5, 5.41) is 5.22. The molecule has 2 N–H and O–H groups in total. The first-order valence-electron chi connectivity index (χ1n) is 7.32. The quantitative estimate of drug-likeness (QED) is 0.795. The summed E-state index contributed by atoms with van der Waals surface area (Å²) in [6.45, 7) is 3.45. The van der Waals surface area contributed by atoms with E-state index in [1.807, 2.05) is 0 Å². The van der Waals surface area contributed by atoms with Gasteiger partial charge in [-0.15, -0.1) is 0 Å². The number of halogens is 2. The van der Waals surface area contributed by atoms with Gasteiger partial charge in [0.2, 0.25) is 0 Å². The highest BCUT2D eigenvalue weighted by atomic mass is 32.2. The van der Waals surface area contributed by atoms with E-state index in [2.05, 4.69) is 10.6 Å². The first-order valence-corrected chi connectivity index (χ1v) is 9.38. The normalized spacial score (nSPS) is 14.1. The molecule has 0 heterocycles. The smallest absolute Gasteiger partial charge is 0.315 e. The average molecular weight is 348 g/mol. The SMILES string of the molecule is CC[C@@H](NC(=O)N[C@@H](C)CCS(C)(=O)=O)c1ccc(F)cc1F. The molecule has 0 unspecified atom stereocenters. The van der Waals surface area contributed by atoms with E-state index < -0.39 is 33.5 Å². The number of hydrogen-bond acceptors (Lipinski definition) is 3. The van der Waals surface area contributed by atoms with Crippen LogP contribution < -0.4 is 10.6 Å². The van der Waals surface area contributed by atoms with Crippen LogP contribution in [0.4, 0.5) is 13.6 Å². The Hall–Kier alpha value is -1.70. The molecule has 130 valence electrons. The zero-order valence-electron chi connectivity index (χ0n) is 13.4.